The highest BCUT2D eigenvalue weighted by molar-refractivity contribution is 6.30. The standard InChI is InChI=1S/C12H15ClO6/c13-6-2-1-3-7(4-6)18-12-11(17)10(16)9(15)8(5-14)19-12/h1-4,8-12,14-17H,5H2/t8-,9+,10+,11-,12-/m1/s1. The maximum absolute atomic E-state index is 9.78. The number of hydrogen-bond donors (Lipinski definition) is 4. The molecule has 2 rings (SSSR count). The molecule has 5 atom stereocenters. The number of benzene rings is 1. The quantitative estimate of drug-likeness (QED) is 0.600. The van der Waals surface area contributed by atoms with Crippen molar-refractivity contribution in [2.24, 2.45) is 0 Å². The van der Waals surface area contributed by atoms with E-state index in [-0.39, 0.29) is 0 Å². The Kier molecular flexibility index (Phi) is 4.62. The highest BCUT2D eigenvalue weighted by Crippen LogP contribution is 2.25. The van der Waals surface area contributed by atoms with Crippen LogP contribution < -0.4 is 4.74 Å². The third-order valence-corrected chi connectivity index (χ3v) is 3.13. The summed E-state index contributed by atoms with van der Waals surface area (Å²) in [6, 6.07) is 6.43. The molecule has 1 fully saturated rings. The summed E-state index contributed by atoms with van der Waals surface area (Å²) in [6.07, 6.45) is -6.50. The maximum Gasteiger partial charge on any atom is 0.229 e. The zero-order valence-electron chi connectivity index (χ0n) is 9.89. The van der Waals surface area contributed by atoms with Crippen LogP contribution in [0.25, 0.3) is 0 Å². The van der Waals surface area contributed by atoms with E-state index in [1.54, 1.807) is 18.2 Å². The minimum absolute atomic E-state index is 0.344. The van der Waals surface area contributed by atoms with Gasteiger partial charge >= 0.3 is 0 Å². The van der Waals surface area contributed by atoms with Gasteiger partial charge in [0, 0.05) is 5.02 Å². The van der Waals surface area contributed by atoms with E-state index in [9.17, 15) is 15.3 Å². The summed E-state index contributed by atoms with van der Waals surface area (Å²) in [5.74, 6) is 0.344. The van der Waals surface area contributed by atoms with Crippen LogP contribution in [0, 0.1) is 0 Å². The van der Waals surface area contributed by atoms with Gasteiger partial charge in [-0.2, -0.15) is 0 Å². The van der Waals surface area contributed by atoms with E-state index in [4.69, 9.17) is 26.2 Å². The van der Waals surface area contributed by atoms with E-state index in [0.717, 1.165) is 0 Å². The van der Waals surface area contributed by atoms with Gasteiger partial charge in [-0.1, -0.05) is 17.7 Å². The SMILES string of the molecule is OC[C@H]1O[C@@H](Oc2cccc(Cl)c2)[C@H](O)[C@@H](O)[C@H]1O. The Labute approximate surface area is 114 Å². The molecule has 1 aliphatic heterocycles. The largest absolute Gasteiger partial charge is 0.462 e. The zero-order chi connectivity index (χ0) is 14.0. The summed E-state index contributed by atoms with van der Waals surface area (Å²) >= 11 is 5.79. The van der Waals surface area contributed by atoms with Gasteiger partial charge in [0.05, 0.1) is 6.61 Å². The molecular formula is C12H15ClO6. The molecule has 7 heteroatoms. The predicted octanol–water partition coefficient (Wildman–Crippen LogP) is -0.481. The average Bonchev–Trinajstić information content (AvgIpc) is 2.39. The van der Waals surface area contributed by atoms with E-state index < -0.39 is 37.3 Å². The van der Waals surface area contributed by atoms with Crippen LogP contribution in [0.1, 0.15) is 0 Å². The van der Waals surface area contributed by atoms with Gasteiger partial charge < -0.3 is 29.9 Å². The predicted molar refractivity (Wildman–Crippen MR) is 65.8 cm³/mol. The van der Waals surface area contributed by atoms with E-state index in [0.29, 0.717) is 10.8 Å². The van der Waals surface area contributed by atoms with Gasteiger partial charge in [0.2, 0.25) is 6.29 Å². The number of aliphatic hydroxyl groups excluding tert-OH is 4. The Morgan fingerprint density at radius 3 is 2.53 bits per heavy atom. The van der Waals surface area contributed by atoms with E-state index in [2.05, 4.69) is 0 Å². The summed E-state index contributed by atoms with van der Waals surface area (Å²) in [6.45, 7) is -0.500. The monoisotopic (exact) mass is 290 g/mol. The van der Waals surface area contributed by atoms with Crippen LogP contribution in [0.5, 0.6) is 5.75 Å². The fourth-order valence-corrected chi connectivity index (χ4v) is 2.02. The lowest BCUT2D eigenvalue weighted by molar-refractivity contribution is -0.277. The molecule has 1 aromatic carbocycles. The zero-order valence-corrected chi connectivity index (χ0v) is 10.6. The third-order valence-electron chi connectivity index (χ3n) is 2.90. The van der Waals surface area contributed by atoms with Crippen molar-refractivity contribution in [3.05, 3.63) is 29.3 Å². The molecule has 1 aromatic rings. The van der Waals surface area contributed by atoms with Crippen LogP contribution in [0.3, 0.4) is 0 Å². The first-order valence-electron chi connectivity index (χ1n) is 5.75. The first-order chi connectivity index (χ1) is 9.02. The molecule has 6 nitrogen and oxygen atoms in total. The van der Waals surface area contributed by atoms with Crippen molar-refractivity contribution in [3.8, 4) is 5.75 Å². The first-order valence-corrected chi connectivity index (χ1v) is 6.13. The Morgan fingerprint density at radius 2 is 1.89 bits per heavy atom. The summed E-state index contributed by atoms with van der Waals surface area (Å²) in [5, 5.41) is 38.5. The normalized spacial score (nSPS) is 35.1. The molecule has 106 valence electrons. The van der Waals surface area contributed by atoms with Gasteiger partial charge in [0.25, 0.3) is 0 Å². The van der Waals surface area contributed by atoms with Gasteiger partial charge in [-0.15, -0.1) is 0 Å². The third kappa shape index (κ3) is 3.17. The van der Waals surface area contributed by atoms with Crippen molar-refractivity contribution < 1.29 is 29.9 Å². The molecule has 19 heavy (non-hydrogen) atoms. The number of aliphatic hydroxyl groups is 4. The fourth-order valence-electron chi connectivity index (χ4n) is 1.84. The van der Waals surface area contributed by atoms with Crippen molar-refractivity contribution >= 4 is 11.6 Å². The fraction of sp³-hybridized carbons (Fsp3) is 0.500. The Balaban J connectivity index is 2.10. The average molecular weight is 291 g/mol. The summed E-state index contributed by atoms with van der Waals surface area (Å²) in [4.78, 5) is 0. The molecule has 0 aromatic heterocycles. The summed E-state index contributed by atoms with van der Waals surface area (Å²) < 4.78 is 10.6. The minimum Gasteiger partial charge on any atom is -0.462 e. The molecule has 0 saturated carbocycles. The molecule has 0 spiro atoms. The van der Waals surface area contributed by atoms with Gasteiger partial charge in [0.1, 0.15) is 30.2 Å². The second-order valence-electron chi connectivity index (χ2n) is 4.27. The maximum atomic E-state index is 9.78. The topological polar surface area (TPSA) is 99.4 Å². The Bertz CT molecular complexity index is 426. The molecule has 0 radical (unpaired) electrons. The lowest BCUT2D eigenvalue weighted by Gasteiger charge is -2.39. The molecule has 1 saturated heterocycles. The van der Waals surface area contributed by atoms with E-state index in [1.165, 1.54) is 6.07 Å². The van der Waals surface area contributed by atoms with Gasteiger partial charge in [-0.25, -0.2) is 0 Å². The second kappa shape index (κ2) is 6.04. The molecular weight excluding hydrogens is 276 g/mol. The van der Waals surface area contributed by atoms with Gasteiger partial charge in [0.15, 0.2) is 0 Å². The van der Waals surface area contributed by atoms with Crippen LogP contribution in [-0.2, 0) is 4.74 Å². The molecule has 0 aliphatic carbocycles. The summed E-state index contributed by atoms with van der Waals surface area (Å²) in [5.41, 5.74) is 0. The number of halogens is 1. The van der Waals surface area contributed by atoms with Gasteiger partial charge in [-0.05, 0) is 18.2 Å². The molecule has 1 aliphatic rings. The highest BCUT2D eigenvalue weighted by Gasteiger charge is 2.44. The van der Waals surface area contributed by atoms with Crippen LogP contribution in [0.4, 0.5) is 0 Å². The minimum atomic E-state index is -1.46. The first kappa shape index (κ1) is 14.5. The molecule has 0 bridgehead atoms. The van der Waals surface area contributed by atoms with Crippen LogP contribution >= 0.6 is 11.6 Å². The molecule has 0 unspecified atom stereocenters. The smallest absolute Gasteiger partial charge is 0.229 e. The Hall–Kier alpha value is -0.890. The van der Waals surface area contributed by atoms with Crippen LogP contribution in [-0.4, -0.2) is 57.7 Å². The molecule has 4 N–H and O–H groups in total. The molecule has 0 amide bonds. The van der Waals surface area contributed by atoms with E-state index in [1.807, 2.05) is 0 Å². The van der Waals surface area contributed by atoms with E-state index >= 15 is 0 Å². The highest BCUT2D eigenvalue weighted by atomic mass is 35.5. The number of rotatable bonds is 3. The number of hydrogen-bond acceptors (Lipinski definition) is 6. The van der Waals surface area contributed by atoms with Crippen molar-refractivity contribution in [1.82, 2.24) is 0 Å². The Morgan fingerprint density at radius 1 is 1.16 bits per heavy atom. The van der Waals surface area contributed by atoms with Crippen LogP contribution in [0.15, 0.2) is 24.3 Å². The van der Waals surface area contributed by atoms with Crippen molar-refractivity contribution in [2.45, 2.75) is 30.7 Å². The lowest BCUT2D eigenvalue weighted by Crippen LogP contribution is -2.60. The second-order valence-corrected chi connectivity index (χ2v) is 4.71. The van der Waals surface area contributed by atoms with Gasteiger partial charge in [-0.3, -0.25) is 0 Å². The summed E-state index contributed by atoms with van der Waals surface area (Å²) in [7, 11) is 0. The number of ether oxygens (including phenoxy) is 2. The molecule has 1 heterocycles. The lowest BCUT2D eigenvalue weighted by atomic mass is 9.99. The van der Waals surface area contributed by atoms with Crippen molar-refractivity contribution in [3.63, 3.8) is 0 Å². The van der Waals surface area contributed by atoms with Crippen LogP contribution in [0.2, 0.25) is 5.02 Å². The van der Waals surface area contributed by atoms with Crippen molar-refractivity contribution in [1.29, 1.82) is 0 Å². The van der Waals surface area contributed by atoms with Crippen molar-refractivity contribution in [2.75, 3.05) is 6.61 Å².